The van der Waals surface area contributed by atoms with Crippen molar-refractivity contribution in [3.8, 4) is 22.3 Å². The first kappa shape index (κ1) is 27.8. The van der Waals surface area contributed by atoms with Crippen LogP contribution in [0, 0.1) is 0 Å². The largest absolute Gasteiger partial charge is 0.397 e. The molecule has 0 aliphatic carbocycles. The summed E-state index contributed by atoms with van der Waals surface area (Å²) in [6, 6.07) is 41.9. The Morgan fingerprint density at radius 2 is 1.14 bits per heavy atom. The fourth-order valence-electron chi connectivity index (χ4n) is 5.79. The van der Waals surface area contributed by atoms with E-state index < -0.39 is 0 Å². The van der Waals surface area contributed by atoms with E-state index in [0.717, 1.165) is 12.0 Å². The summed E-state index contributed by atoms with van der Waals surface area (Å²) in [5, 5.41) is 7.56. The van der Waals surface area contributed by atoms with Gasteiger partial charge in [-0.3, -0.25) is 0 Å². The average molecular weight is 557 g/mol. The molecule has 0 heterocycles. The highest BCUT2D eigenvalue weighted by molar-refractivity contribution is 6.21. The fraction of sp³-hybridized carbons (Fsp3) is 0.0732. The van der Waals surface area contributed by atoms with Gasteiger partial charge in [0, 0.05) is 0 Å². The van der Waals surface area contributed by atoms with E-state index in [9.17, 15) is 0 Å². The lowest BCUT2D eigenvalue weighted by Crippen LogP contribution is -2.09. The third kappa shape index (κ3) is 5.73. The van der Waals surface area contributed by atoms with Gasteiger partial charge in [-0.1, -0.05) is 133 Å². The van der Waals surface area contributed by atoms with Crippen LogP contribution in [-0.2, 0) is 6.42 Å². The van der Waals surface area contributed by atoms with E-state index in [4.69, 9.17) is 11.5 Å². The predicted molar refractivity (Wildman–Crippen MR) is 187 cm³/mol. The lowest BCUT2D eigenvalue weighted by Gasteiger charge is -2.18. The number of allylic oxidation sites excluding steroid dienone is 6. The summed E-state index contributed by atoms with van der Waals surface area (Å²) in [4.78, 5) is 0. The summed E-state index contributed by atoms with van der Waals surface area (Å²) in [5.41, 5.74) is 20.7. The third-order valence-corrected chi connectivity index (χ3v) is 8.15. The Morgan fingerprint density at radius 3 is 1.74 bits per heavy atom. The first-order chi connectivity index (χ1) is 21.0. The molecule has 0 atom stereocenters. The summed E-state index contributed by atoms with van der Waals surface area (Å²) in [5.74, 6) is 0. The van der Waals surface area contributed by atoms with Crippen molar-refractivity contribution in [3.63, 3.8) is 0 Å². The van der Waals surface area contributed by atoms with E-state index in [1.165, 1.54) is 60.1 Å². The molecule has 0 saturated heterocycles. The van der Waals surface area contributed by atoms with Crippen LogP contribution in [0.4, 0.5) is 0 Å². The van der Waals surface area contributed by atoms with Crippen molar-refractivity contribution in [1.29, 1.82) is 0 Å². The smallest absolute Gasteiger partial charge is 0.0550 e. The normalized spacial score (nSPS) is 13.0. The maximum absolute atomic E-state index is 6.14. The summed E-state index contributed by atoms with van der Waals surface area (Å²) in [6.45, 7) is 3.99. The molecule has 6 rings (SSSR count). The Labute approximate surface area is 254 Å². The van der Waals surface area contributed by atoms with E-state index in [2.05, 4.69) is 121 Å². The van der Waals surface area contributed by atoms with Crippen LogP contribution in [-0.4, -0.2) is 0 Å². The molecule has 0 unspecified atom stereocenters. The van der Waals surface area contributed by atoms with Gasteiger partial charge in [0.1, 0.15) is 0 Å². The second-order valence-electron chi connectivity index (χ2n) is 11.0. The summed E-state index contributed by atoms with van der Waals surface area (Å²) >= 11 is 0. The molecule has 6 aromatic rings. The highest BCUT2D eigenvalue weighted by Crippen LogP contribution is 2.44. The van der Waals surface area contributed by atoms with E-state index in [0.29, 0.717) is 11.4 Å². The molecule has 0 aromatic heterocycles. The van der Waals surface area contributed by atoms with Gasteiger partial charge < -0.3 is 11.5 Å². The van der Waals surface area contributed by atoms with E-state index in [-0.39, 0.29) is 0 Å². The lowest BCUT2D eigenvalue weighted by molar-refractivity contribution is 1.22. The van der Waals surface area contributed by atoms with Gasteiger partial charge in [-0.15, -0.1) is 0 Å². The van der Waals surface area contributed by atoms with Crippen LogP contribution in [0.15, 0.2) is 163 Å². The lowest BCUT2D eigenvalue weighted by atomic mass is 9.85. The van der Waals surface area contributed by atoms with Gasteiger partial charge in [0.15, 0.2) is 0 Å². The molecule has 0 amide bonds. The first-order valence-corrected chi connectivity index (χ1v) is 14.8. The van der Waals surface area contributed by atoms with Crippen LogP contribution in [0.2, 0.25) is 0 Å². The minimum Gasteiger partial charge on any atom is -0.397 e. The van der Waals surface area contributed by atoms with E-state index in [1.54, 1.807) is 0 Å². The number of hydrogen-bond acceptors (Lipinski definition) is 2. The van der Waals surface area contributed by atoms with Crippen LogP contribution in [0.3, 0.4) is 0 Å². The molecule has 0 aliphatic rings. The van der Waals surface area contributed by atoms with Crippen molar-refractivity contribution < 1.29 is 0 Å². The van der Waals surface area contributed by atoms with Crippen LogP contribution in [0.25, 0.3) is 54.6 Å². The Morgan fingerprint density at radius 1 is 0.605 bits per heavy atom. The van der Waals surface area contributed by atoms with Crippen molar-refractivity contribution in [2.75, 3.05) is 0 Å². The van der Waals surface area contributed by atoms with Crippen LogP contribution >= 0.6 is 0 Å². The SMILES string of the molecule is C\C=C(C)/C=C(N)/C(N)=C/C=C\Cc1ccc(-c2c3ccccc3c(-c3ccc4ccccc4c3)c3ccccc23)cc1. The number of rotatable bonds is 7. The van der Waals surface area contributed by atoms with E-state index in [1.807, 2.05) is 38.2 Å². The summed E-state index contributed by atoms with van der Waals surface area (Å²) in [6.07, 6.45) is 10.6. The molecule has 4 N–H and O–H groups in total. The van der Waals surface area contributed by atoms with Crippen LogP contribution in [0.5, 0.6) is 0 Å². The number of benzene rings is 6. The molecule has 0 radical (unpaired) electrons. The second-order valence-corrected chi connectivity index (χ2v) is 11.0. The predicted octanol–water partition coefficient (Wildman–Crippen LogP) is 10.2. The van der Waals surface area contributed by atoms with Gasteiger partial charge in [0.05, 0.1) is 11.4 Å². The van der Waals surface area contributed by atoms with Crippen LogP contribution < -0.4 is 11.5 Å². The Hall–Kier alpha value is -5.34. The minimum atomic E-state index is 0.568. The Bertz CT molecular complexity index is 2010. The fourth-order valence-corrected chi connectivity index (χ4v) is 5.79. The molecule has 0 bridgehead atoms. The average Bonchev–Trinajstić information content (AvgIpc) is 3.05. The van der Waals surface area contributed by atoms with Crippen LogP contribution in [0.1, 0.15) is 19.4 Å². The molecular formula is C41H36N2. The second kappa shape index (κ2) is 12.3. The number of nitrogens with two attached hydrogens (primary N) is 2. The molecule has 2 heteroatoms. The van der Waals surface area contributed by atoms with Gasteiger partial charge in [-0.25, -0.2) is 0 Å². The summed E-state index contributed by atoms with van der Waals surface area (Å²) < 4.78 is 0. The molecule has 6 aromatic carbocycles. The zero-order chi connectivity index (χ0) is 29.8. The quantitative estimate of drug-likeness (QED) is 0.152. The molecule has 0 fully saturated rings. The molecule has 0 spiro atoms. The van der Waals surface area contributed by atoms with Gasteiger partial charge in [-0.05, 0) is 98.6 Å². The van der Waals surface area contributed by atoms with Crippen molar-refractivity contribution >= 4 is 32.3 Å². The zero-order valence-corrected chi connectivity index (χ0v) is 24.7. The van der Waals surface area contributed by atoms with Crippen molar-refractivity contribution in [1.82, 2.24) is 0 Å². The van der Waals surface area contributed by atoms with Crippen molar-refractivity contribution in [3.05, 3.63) is 168 Å². The molecular weight excluding hydrogens is 520 g/mol. The highest BCUT2D eigenvalue weighted by Gasteiger charge is 2.16. The Balaban J connectivity index is 1.37. The van der Waals surface area contributed by atoms with Gasteiger partial charge >= 0.3 is 0 Å². The molecule has 210 valence electrons. The molecule has 0 saturated carbocycles. The van der Waals surface area contributed by atoms with Crippen molar-refractivity contribution in [2.24, 2.45) is 11.5 Å². The zero-order valence-electron chi connectivity index (χ0n) is 24.7. The summed E-state index contributed by atoms with van der Waals surface area (Å²) in [7, 11) is 0. The molecule has 43 heavy (non-hydrogen) atoms. The molecule has 2 nitrogen and oxygen atoms in total. The van der Waals surface area contributed by atoms with Crippen molar-refractivity contribution in [2.45, 2.75) is 20.3 Å². The van der Waals surface area contributed by atoms with Gasteiger partial charge in [0.2, 0.25) is 0 Å². The number of hydrogen-bond donors (Lipinski definition) is 2. The topological polar surface area (TPSA) is 52.0 Å². The maximum atomic E-state index is 6.14. The number of fused-ring (bicyclic) bond motifs is 3. The maximum Gasteiger partial charge on any atom is 0.0550 e. The molecule has 0 aliphatic heterocycles. The van der Waals surface area contributed by atoms with E-state index >= 15 is 0 Å². The Kier molecular flexibility index (Phi) is 7.93. The first-order valence-electron chi connectivity index (χ1n) is 14.8. The monoisotopic (exact) mass is 556 g/mol. The van der Waals surface area contributed by atoms with Gasteiger partial charge in [-0.2, -0.15) is 0 Å². The highest BCUT2D eigenvalue weighted by atomic mass is 14.7. The third-order valence-electron chi connectivity index (χ3n) is 8.15. The van der Waals surface area contributed by atoms with Gasteiger partial charge in [0.25, 0.3) is 0 Å². The standard InChI is InChI=1S/C41H36N2/c1-3-28(2)26-39(43)38(42)19-11-4-12-29-20-22-31(23-21-29)40-34-15-7-9-17-36(34)41(37-18-10-8-16-35(37)40)33-25-24-30-13-5-6-14-32(30)27-33/h3-11,13-27H,12,42-43H2,1-2H3/b11-4-,28-3-,38-19-,39-26-. The minimum absolute atomic E-state index is 0.568.